The van der Waals surface area contributed by atoms with Crippen LogP contribution in [0.2, 0.25) is 0 Å². The van der Waals surface area contributed by atoms with E-state index in [1.165, 1.54) is 24.2 Å². The van der Waals surface area contributed by atoms with Gasteiger partial charge in [0.05, 0.1) is 12.5 Å². The number of hydrogen-bond donors (Lipinski definition) is 2. The van der Waals surface area contributed by atoms with E-state index in [2.05, 4.69) is 20.6 Å². The average Bonchev–Trinajstić information content (AvgIpc) is 3.07. The summed E-state index contributed by atoms with van der Waals surface area (Å²) in [5.41, 5.74) is 0. The van der Waals surface area contributed by atoms with Crippen molar-refractivity contribution in [2.75, 3.05) is 23.4 Å². The number of carbonyl (C=O) groups is 2. The first-order valence-corrected chi connectivity index (χ1v) is 9.46. The smallest absolute Gasteiger partial charge is 0.415 e. The molecule has 2 saturated heterocycles. The zero-order valence-electron chi connectivity index (χ0n) is 15.0. The fraction of sp³-hybridized carbons (Fsp3) is 0.667. The Bertz CT molecular complexity index is 697. The fourth-order valence-corrected chi connectivity index (χ4v) is 4.31. The molecular weight excluding hydrogens is 334 g/mol. The molecule has 2 aliphatic heterocycles. The highest BCUT2D eigenvalue weighted by Gasteiger charge is 2.39. The third kappa shape index (κ3) is 3.32. The second kappa shape index (κ2) is 7.09. The number of rotatable bonds is 4. The monoisotopic (exact) mass is 359 g/mol. The first-order valence-electron chi connectivity index (χ1n) is 9.46. The number of amides is 2. The lowest BCUT2D eigenvalue weighted by molar-refractivity contribution is -0.130. The maximum Gasteiger partial charge on any atom is 0.415 e. The SMILES string of the molecule is CC(Nc1nccc(N2CCOC2=O)n1)C1CC2CCCCC2NC1=O. The van der Waals surface area contributed by atoms with Crippen LogP contribution in [0.15, 0.2) is 12.3 Å². The molecule has 8 heteroatoms. The van der Waals surface area contributed by atoms with E-state index in [0.29, 0.717) is 36.9 Å². The topological polar surface area (TPSA) is 96.4 Å². The molecule has 140 valence electrons. The van der Waals surface area contributed by atoms with Crippen LogP contribution in [-0.4, -0.2) is 47.2 Å². The zero-order chi connectivity index (χ0) is 18.1. The summed E-state index contributed by atoms with van der Waals surface area (Å²) in [5.74, 6) is 1.53. The minimum absolute atomic E-state index is 0.0846. The molecule has 0 radical (unpaired) electrons. The summed E-state index contributed by atoms with van der Waals surface area (Å²) in [7, 11) is 0. The summed E-state index contributed by atoms with van der Waals surface area (Å²) in [6.07, 6.45) is 6.88. The lowest BCUT2D eigenvalue weighted by Crippen LogP contribution is -2.54. The maximum atomic E-state index is 12.5. The van der Waals surface area contributed by atoms with Crippen LogP contribution in [0, 0.1) is 11.8 Å². The van der Waals surface area contributed by atoms with Crippen LogP contribution in [0.5, 0.6) is 0 Å². The molecule has 1 aromatic rings. The Kier molecular flexibility index (Phi) is 4.65. The summed E-state index contributed by atoms with van der Waals surface area (Å²) in [6.45, 7) is 2.85. The Hall–Kier alpha value is -2.38. The summed E-state index contributed by atoms with van der Waals surface area (Å²) < 4.78 is 4.95. The molecular formula is C18H25N5O3. The van der Waals surface area contributed by atoms with Crippen LogP contribution in [0.3, 0.4) is 0 Å². The van der Waals surface area contributed by atoms with Crippen molar-refractivity contribution in [3.63, 3.8) is 0 Å². The van der Waals surface area contributed by atoms with Crippen molar-refractivity contribution < 1.29 is 14.3 Å². The van der Waals surface area contributed by atoms with E-state index in [1.54, 1.807) is 12.3 Å². The van der Waals surface area contributed by atoms with Gasteiger partial charge in [-0.2, -0.15) is 4.98 Å². The molecule has 3 heterocycles. The minimum atomic E-state index is -0.391. The van der Waals surface area contributed by atoms with Crippen LogP contribution in [0.4, 0.5) is 16.6 Å². The van der Waals surface area contributed by atoms with Gasteiger partial charge in [0.25, 0.3) is 0 Å². The Balaban J connectivity index is 1.43. The van der Waals surface area contributed by atoms with E-state index in [4.69, 9.17) is 4.74 Å². The van der Waals surface area contributed by atoms with Gasteiger partial charge >= 0.3 is 6.09 Å². The number of piperidine rings is 1. The molecule has 8 nitrogen and oxygen atoms in total. The molecule has 0 bridgehead atoms. The van der Waals surface area contributed by atoms with Crippen LogP contribution in [-0.2, 0) is 9.53 Å². The van der Waals surface area contributed by atoms with E-state index in [-0.39, 0.29) is 17.9 Å². The molecule has 1 saturated carbocycles. The van der Waals surface area contributed by atoms with Gasteiger partial charge in [0, 0.05) is 18.3 Å². The fourth-order valence-electron chi connectivity index (χ4n) is 4.31. The molecule has 4 atom stereocenters. The number of nitrogens with one attached hydrogen (secondary N) is 2. The first-order chi connectivity index (χ1) is 12.6. The predicted octanol–water partition coefficient (Wildman–Crippen LogP) is 1.93. The van der Waals surface area contributed by atoms with Crippen molar-refractivity contribution in [3.8, 4) is 0 Å². The third-order valence-electron chi connectivity index (χ3n) is 5.77. The molecule has 3 fully saturated rings. The molecule has 4 rings (SSSR count). The Morgan fingerprint density at radius 1 is 1.35 bits per heavy atom. The van der Waals surface area contributed by atoms with Crippen LogP contribution in [0.25, 0.3) is 0 Å². The number of anilines is 2. The van der Waals surface area contributed by atoms with Gasteiger partial charge in [0.2, 0.25) is 11.9 Å². The van der Waals surface area contributed by atoms with Gasteiger partial charge in [0.1, 0.15) is 12.4 Å². The molecule has 1 aliphatic carbocycles. The van der Waals surface area contributed by atoms with Gasteiger partial charge in [-0.05, 0) is 38.2 Å². The van der Waals surface area contributed by atoms with Gasteiger partial charge in [-0.1, -0.05) is 12.8 Å². The van der Waals surface area contributed by atoms with Gasteiger partial charge in [0.15, 0.2) is 0 Å². The van der Waals surface area contributed by atoms with Crippen molar-refractivity contribution in [3.05, 3.63) is 12.3 Å². The molecule has 26 heavy (non-hydrogen) atoms. The third-order valence-corrected chi connectivity index (χ3v) is 5.77. The highest BCUT2D eigenvalue weighted by Crippen LogP contribution is 2.34. The van der Waals surface area contributed by atoms with E-state index >= 15 is 0 Å². The van der Waals surface area contributed by atoms with Crippen molar-refractivity contribution in [1.29, 1.82) is 0 Å². The van der Waals surface area contributed by atoms with Crippen molar-refractivity contribution in [1.82, 2.24) is 15.3 Å². The van der Waals surface area contributed by atoms with Gasteiger partial charge in [-0.25, -0.2) is 9.78 Å². The Labute approximate surface area is 152 Å². The van der Waals surface area contributed by atoms with Crippen LogP contribution >= 0.6 is 0 Å². The lowest BCUT2D eigenvalue weighted by Gasteiger charge is -2.41. The molecule has 0 spiro atoms. The van der Waals surface area contributed by atoms with Crippen molar-refractivity contribution in [2.24, 2.45) is 11.8 Å². The second-order valence-corrected chi connectivity index (χ2v) is 7.44. The molecule has 3 aliphatic rings. The molecule has 0 aromatic carbocycles. The summed E-state index contributed by atoms with van der Waals surface area (Å²) in [6, 6.07) is 1.95. The number of fused-ring (bicyclic) bond motifs is 1. The molecule has 2 amide bonds. The normalized spacial score (nSPS) is 29.6. The molecule has 1 aromatic heterocycles. The maximum absolute atomic E-state index is 12.5. The van der Waals surface area contributed by atoms with E-state index in [9.17, 15) is 9.59 Å². The van der Waals surface area contributed by atoms with Crippen LogP contribution < -0.4 is 15.5 Å². The number of aromatic nitrogens is 2. The number of ether oxygens (including phenoxy) is 1. The summed E-state index contributed by atoms with van der Waals surface area (Å²) >= 11 is 0. The van der Waals surface area contributed by atoms with E-state index in [1.807, 2.05) is 6.92 Å². The summed E-state index contributed by atoms with van der Waals surface area (Å²) in [4.78, 5) is 34.4. The number of carbonyl (C=O) groups excluding carboxylic acids is 2. The average molecular weight is 359 g/mol. The Morgan fingerprint density at radius 2 is 2.19 bits per heavy atom. The number of hydrogen-bond acceptors (Lipinski definition) is 6. The van der Waals surface area contributed by atoms with Crippen LogP contribution in [0.1, 0.15) is 39.0 Å². The largest absolute Gasteiger partial charge is 0.447 e. The molecule has 4 unspecified atom stereocenters. The van der Waals surface area contributed by atoms with Gasteiger partial charge < -0.3 is 15.4 Å². The number of nitrogens with zero attached hydrogens (tertiary/aromatic N) is 3. The van der Waals surface area contributed by atoms with E-state index < -0.39 is 6.09 Å². The quantitative estimate of drug-likeness (QED) is 0.853. The standard InChI is InChI=1S/C18H25N5O3/c1-11(13-10-12-4-2-3-5-14(12)21-16(13)24)20-17-19-7-6-15(22-17)23-8-9-26-18(23)25/h6-7,11-14H,2-5,8-10H2,1H3,(H,21,24)(H,19,20,22). The minimum Gasteiger partial charge on any atom is -0.447 e. The zero-order valence-corrected chi connectivity index (χ0v) is 15.0. The first kappa shape index (κ1) is 17.1. The van der Waals surface area contributed by atoms with E-state index in [0.717, 1.165) is 12.8 Å². The van der Waals surface area contributed by atoms with Gasteiger partial charge in [-0.3, -0.25) is 9.69 Å². The highest BCUT2D eigenvalue weighted by atomic mass is 16.6. The predicted molar refractivity (Wildman–Crippen MR) is 95.8 cm³/mol. The highest BCUT2D eigenvalue weighted by molar-refractivity contribution is 5.88. The Morgan fingerprint density at radius 3 is 3.00 bits per heavy atom. The lowest BCUT2D eigenvalue weighted by atomic mass is 9.74. The second-order valence-electron chi connectivity index (χ2n) is 7.44. The molecule has 2 N–H and O–H groups in total. The van der Waals surface area contributed by atoms with Gasteiger partial charge in [-0.15, -0.1) is 0 Å². The van der Waals surface area contributed by atoms with Crippen molar-refractivity contribution >= 4 is 23.8 Å². The van der Waals surface area contributed by atoms with Crippen molar-refractivity contribution in [2.45, 2.75) is 51.1 Å². The summed E-state index contributed by atoms with van der Waals surface area (Å²) in [5, 5.41) is 6.46. The number of cyclic esters (lactones) is 1.